The summed E-state index contributed by atoms with van der Waals surface area (Å²) in [5, 5.41) is 2.87. The van der Waals surface area contributed by atoms with Gasteiger partial charge >= 0.3 is 6.03 Å². The third-order valence-electron chi connectivity index (χ3n) is 6.03. The minimum absolute atomic E-state index is 0.0945. The van der Waals surface area contributed by atoms with Gasteiger partial charge in [-0.15, -0.1) is 0 Å². The second-order valence-electron chi connectivity index (χ2n) is 7.49. The van der Waals surface area contributed by atoms with Crippen molar-refractivity contribution < 1.29 is 14.4 Å². The summed E-state index contributed by atoms with van der Waals surface area (Å²) in [7, 11) is 0. The average Bonchev–Trinajstić information content (AvgIpc) is 3.14. The zero-order chi connectivity index (χ0) is 17.3. The Morgan fingerprint density at radius 2 is 1.83 bits per heavy atom. The number of hydrogen-bond donors (Lipinski definition) is 1. The fourth-order valence-corrected chi connectivity index (χ4v) is 4.65. The molecule has 134 valence electrons. The Balaban J connectivity index is 1.74. The Hall–Kier alpha value is -1.59. The SMILES string of the molecule is CCN(C(=O)C(C)N1C(=O)NC2(CCCC2)C1=O)C1CCCCC1. The molecule has 6 nitrogen and oxygen atoms in total. The van der Waals surface area contributed by atoms with Gasteiger partial charge in [-0.05, 0) is 39.5 Å². The molecule has 0 aromatic rings. The zero-order valence-corrected chi connectivity index (χ0v) is 14.8. The fraction of sp³-hybridized carbons (Fsp3) is 0.833. The van der Waals surface area contributed by atoms with Gasteiger partial charge in [0.2, 0.25) is 5.91 Å². The van der Waals surface area contributed by atoms with Crippen molar-refractivity contribution in [2.45, 2.75) is 89.3 Å². The molecule has 0 radical (unpaired) electrons. The Bertz CT molecular complexity index is 522. The van der Waals surface area contributed by atoms with Crippen LogP contribution in [0.3, 0.4) is 0 Å². The summed E-state index contributed by atoms with van der Waals surface area (Å²) >= 11 is 0. The minimum Gasteiger partial charge on any atom is -0.338 e. The van der Waals surface area contributed by atoms with Crippen molar-refractivity contribution in [3.05, 3.63) is 0 Å². The van der Waals surface area contributed by atoms with Gasteiger partial charge in [0.25, 0.3) is 5.91 Å². The zero-order valence-electron chi connectivity index (χ0n) is 14.8. The second-order valence-corrected chi connectivity index (χ2v) is 7.49. The molecule has 1 unspecified atom stereocenters. The first-order valence-electron chi connectivity index (χ1n) is 9.46. The molecule has 1 saturated heterocycles. The number of nitrogens with one attached hydrogen (secondary N) is 1. The van der Waals surface area contributed by atoms with Crippen molar-refractivity contribution in [3.8, 4) is 0 Å². The number of carbonyl (C=O) groups excluding carboxylic acids is 3. The number of hydrogen-bond acceptors (Lipinski definition) is 3. The van der Waals surface area contributed by atoms with Crippen LogP contribution in [0.15, 0.2) is 0 Å². The monoisotopic (exact) mass is 335 g/mol. The first-order chi connectivity index (χ1) is 11.5. The van der Waals surface area contributed by atoms with Gasteiger partial charge in [-0.1, -0.05) is 32.1 Å². The molecule has 6 heteroatoms. The number of imide groups is 1. The van der Waals surface area contributed by atoms with Crippen LogP contribution in [0.4, 0.5) is 4.79 Å². The van der Waals surface area contributed by atoms with Crippen LogP contribution in [0.1, 0.15) is 71.6 Å². The third-order valence-corrected chi connectivity index (χ3v) is 6.03. The summed E-state index contributed by atoms with van der Waals surface area (Å²) < 4.78 is 0. The highest BCUT2D eigenvalue weighted by Gasteiger charge is 2.54. The molecule has 1 heterocycles. The third kappa shape index (κ3) is 2.80. The molecule has 1 aliphatic heterocycles. The van der Waals surface area contributed by atoms with Crippen LogP contribution < -0.4 is 5.32 Å². The van der Waals surface area contributed by atoms with Crippen LogP contribution in [0.5, 0.6) is 0 Å². The lowest BCUT2D eigenvalue weighted by Crippen LogP contribution is -2.53. The van der Waals surface area contributed by atoms with Crippen molar-refractivity contribution in [1.82, 2.24) is 15.1 Å². The van der Waals surface area contributed by atoms with E-state index in [1.807, 2.05) is 11.8 Å². The summed E-state index contributed by atoms with van der Waals surface area (Å²) in [5.41, 5.74) is -0.743. The molecule has 1 spiro atoms. The number of nitrogens with zero attached hydrogens (tertiary/aromatic N) is 2. The van der Waals surface area contributed by atoms with Gasteiger partial charge in [-0.2, -0.15) is 0 Å². The largest absolute Gasteiger partial charge is 0.338 e. The van der Waals surface area contributed by atoms with Gasteiger partial charge < -0.3 is 10.2 Å². The Morgan fingerprint density at radius 1 is 1.21 bits per heavy atom. The first-order valence-corrected chi connectivity index (χ1v) is 9.46. The molecule has 24 heavy (non-hydrogen) atoms. The number of rotatable bonds is 4. The maximum Gasteiger partial charge on any atom is 0.325 e. The minimum atomic E-state index is -0.743. The van der Waals surface area contributed by atoms with E-state index in [0.29, 0.717) is 19.4 Å². The van der Waals surface area contributed by atoms with E-state index in [1.54, 1.807) is 6.92 Å². The number of carbonyl (C=O) groups is 3. The van der Waals surface area contributed by atoms with Crippen molar-refractivity contribution in [2.75, 3.05) is 6.54 Å². The van der Waals surface area contributed by atoms with Crippen LogP contribution in [-0.2, 0) is 9.59 Å². The van der Waals surface area contributed by atoms with Crippen molar-refractivity contribution >= 4 is 17.8 Å². The summed E-state index contributed by atoms with van der Waals surface area (Å²) in [4.78, 5) is 41.3. The topological polar surface area (TPSA) is 69.7 Å². The van der Waals surface area contributed by atoms with E-state index in [1.165, 1.54) is 11.3 Å². The molecule has 2 aliphatic carbocycles. The Labute approximate surface area is 143 Å². The van der Waals surface area contributed by atoms with E-state index < -0.39 is 17.6 Å². The van der Waals surface area contributed by atoms with Crippen molar-refractivity contribution in [3.63, 3.8) is 0 Å². The van der Waals surface area contributed by atoms with Crippen LogP contribution >= 0.6 is 0 Å². The molecule has 0 aromatic carbocycles. The molecule has 1 atom stereocenters. The van der Waals surface area contributed by atoms with Gasteiger partial charge in [-0.25, -0.2) is 9.69 Å². The van der Waals surface area contributed by atoms with Gasteiger partial charge in [0.15, 0.2) is 0 Å². The highest BCUT2D eigenvalue weighted by atomic mass is 16.2. The van der Waals surface area contributed by atoms with Gasteiger partial charge in [-0.3, -0.25) is 9.59 Å². The highest BCUT2D eigenvalue weighted by molar-refractivity contribution is 6.10. The fourth-order valence-electron chi connectivity index (χ4n) is 4.65. The molecular formula is C18H29N3O3. The predicted octanol–water partition coefficient (Wildman–Crippen LogP) is 2.42. The summed E-state index contributed by atoms with van der Waals surface area (Å²) in [5.74, 6) is -0.298. The van der Waals surface area contributed by atoms with E-state index >= 15 is 0 Å². The summed E-state index contributed by atoms with van der Waals surface area (Å²) in [6.45, 7) is 4.30. The smallest absolute Gasteiger partial charge is 0.325 e. The molecule has 3 rings (SSSR count). The van der Waals surface area contributed by atoms with E-state index in [9.17, 15) is 14.4 Å². The quantitative estimate of drug-likeness (QED) is 0.802. The van der Waals surface area contributed by atoms with Crippen LogP contribution in [0, 0.1) is 0 Å². The molecule has 3 aliphatic rings. The average molecular weight is 335 g/mol. The van der Waals surface area contributed by atoms with Crippen LogP contribution in [0.2, 0.25) is 0 Å². The molecule has 0 bridgehead atoms. The molecule has 3 fully saturated rings. The Morgan fingerprint density at radius 3 is 2.42 bits per heavy atom. The van der Waals surface area contributed by atoms with Crippen LogP contribution in [-0.4, -0.2) is 51.8 Å². The van der Waals surface area contributed by atoms with Gasteiger partial charge in [0.05, 0.1) is 0 Å². The number of amides is 4. The highest BCUT2D eigenvalue weighted by Crippen LogP contribution is 2.36. The van der Waals surface area contributed by atoms with E-state index in [2.05, 4.69) is 5.32 Å². The standard InChI is InChI=1S/C18H29N3O3/c1-3-20(14-9-5-4-6-10-14)15(22)13(2)21-16(23)18(19-17(21)24)11-7-8-12-18/h13-14H,3-12H2,1-2H3,(H,19,24). The predicted molar refractivity (Wildman–Crippen MR) is 90.3 cm³/mol. The Kier molecular flexibility index (Phi) is 4.83. The normalized spacial score (nSPS) is 25.2. The van der Waals surface area contributed by atoms with E-state index in [0.717, 1.165) is 38.5 Å². The molecular weight excluding hydrogens is 306 g/mol. The molecule has 0 aromatic heterocycles. The molecule has 4 amide bonds. The van der Waals surface area contributed by atoms with Gasteiger partial charge in [0.1, 0.15) is 11.6 Å². The maximum absolute atomic E-state index is 13.0. The van der Waals surface area contributed by atoms with E-state index in [4.69, 9.17) is 0 Å². The van der Waals surface area contributed by atoms with E-state index in [-0.39, 0.29) is 17.9 Å². The van der Waals surface area contributed by atoms with Crippen molar-refractivity contribution in [1.29, 1.82) is 0 Å². The van der Waals surface area contributed by atoms with Crippen LogP contribution in [0.25, 0.3) is 0 Å². The number of likely N-dealkylation sites (N-methyl/N-ethyl adjacent to an activating group) is 1. The maximum atomic E-state index is 13.0. The molecule has 2 saturated carbocycles. The number of urea groups is 1. The lowest BCUT2D eigenvalue weighted by molar-refractivity contribution is -0.144. The lowest BCUT2D eigenvalue weighted by Gasteiger charge is -2.36. The molecule has 1 N–H and O–H groups in total. The van der Waals surface area contributed by atoms with Crippen molar-refractivity contribution in [2.24, 2.45) is 0 Å². The van der Waals surface area contributed by atoms with Gasteiger partial charge in [0, 0.05) is 12.6 Å². The summed E-state index contributed by atoms with van der Waals surface area (Å²) in [6.07, 6.45) is 8.85. The lowest BCUT2D eigenvalue weighted by atomic mass is 9.93. The first kappa shape index (κ1) is 17.2. The second kappa shape index (κ2) is 6.73. The summed E-state index contributed by atoms with van der Waals surface area (Å²) in [6, 6.07) is -0.873.